The second kappa shape index (κ2) is 5.11. The van der Waals surface area contributed by atoms with E-state index in [2.05, 4.69) is 0 Å². The first-order chi connectivity index (χ1) is 5.60. The fourth-order valence-corrected chi connectivity index (χ4v) is 1.02. The highest BCUT2D eigenvalue weighted by Gasteiger charge is 2.32. The van der Waals surface area contributed by atoms with Crippen molar-refractivity contribution in [3.63, 3.8) is 0 Å². The Balaban J connectivity index is 4.13. The zero-order chi connectivity index (χ0) is 9.61. The Morgan fingerprint density at radius 1 is 1.50 bits per heavy atom. The van der Waals surface area contributed by atoms with Crippen molar-refractivity contribution in [2.75, 3.05) is 0 Å². The van der Waals surface area contributed by atoms with Crippen LogP contribution in [0.2, 0.25) is 0 Å². The molecule has 0 saturated heterocycles. The molecule has 0 aliphatic carbocycles. The SMILES string of the molecule is CCCCC(O)(CC)C(=O)NO. The molecule has 0 aromatic carbocycles. The third-order valence-corrected chi connectivity index (χ3v) is 2.05. The predicted octanol–water partition coefficient (Wildman–Crippen LogP) is 0.823. The smallest absolute Gasteiger partial charge is 0.275 e. The van der Waals surface area contributed by atoms with Crippen molar-refractivity contribution in [2.45, 2.75) is 45.1 Å². The molecule has 0 radical (unpaired) electrons. The predicted molar refractivity (Wildman–Crippen MR) is 44.7 cm³/mol. The van der Waals surface area contributed by atoms with Crippen molar-refractivity contribution >= 4 is 5.91 Å². The number of rotatable bonds is 5. The lowest BCUT2D eigenvalue weighted by molar-refractivity contribution is -0.150. The number of aliphatic hydroxyl groups is 1. The number of amides is 1. The molecule has 12 heavy (non-hydrogen) atoms. The lowest BCUT2D eigenvalue weighted by Crippen LogP contribution is -2.45. The van der Waals surface area contributed by atoms with Gasteiger partial charge in [-0.3, -0.25) is 10.0 Å². The summed E-state index contributed by atoms with van der Waals surface area (Å²) in [6.45, 7) is 3.69. The van der Waals surface area contributed by atoms with Crippen molar-refractivity contribution in [2.24, 2.45) is 0 Å². The Labute approximate surface area is 72.5 Å². The Morgan fingerprint density at radius 2 is 2.08 bits per heavy atom. The van der Waals surface area contributed by atoms with Crippen LogP contribution in [0, 0.1) is 0 Å². The summed E-state index contributed by atoms with van der Waals surface area (Å²) in [5.41, 5.74) is 0.0784. The van der Waals surface area contributed by atoms with Crippen LogP contribution in [0.4, 0.5) is 0 Å². The van der Waals surface area contributed by atoms with Crippen LogP contribution in [0.1, 0.15) is 39.5 Å². The van der Waals surface area contributed by atoms with E-state index in [9.17, 15) is 9.90 Å². The lowest BCUT2D eigenvalue weighted by atomic mass is 9.93. The van der Waals surface area contributed by atoms with Gasteiger partial charge in [-0.05, 0) is 12.8 Å². The summed E-state index contributed by atoms with van der Waals surface area (Å²) in [4.78, 5) is 11.0. The Kier molecular flexibility index (Phi) is 4.85. The normalized spacial score (nSPS) is 15.3. The molecule has 0 aliphatic heterocycles. The van der Waals surface area contributed by atoms with Crippen molar-refractivity contribution in [3.8, 4) is 0 Å². The number of hydroxylamine groups is 1. The van der Waals surface area contributed by atoms with E-state index >= 15 is 0 Å². The van der Waals surface area contributed by atoms with Crippen molar-refractivity contribution in [1.29, 1.82) is 0 Å². The highest BCUT2D eigenvalue weighted by Crippen LogP contribution is 2.18. The number of hydrogen-bond acceptors (Lipinski definition) is 3. The van der Waals surface area contributed by atoms with E-state index in [1.807, 2.05) is 6.92 Å². The van der Waals surface area contributed by atoms with E-state index < -0.39 is 11.5 Å². The van der Waals surface area contributed by atoms with Crippen molar-refractivity contribution in [1.82, 2.24) is 5.48 Å². The van der Waals surface area contributed by atoms with Gasteiger partial charge in [0.2, 0.25) is 0 Å². The Hall–Kier alpha value is -0.610. The lowest BCUT2D eigenvalue weighted by Gasteiger charge is -2.23. The summed E-state index contributed by atoms with van der Waals surface area (Å²) in [7, 11) is 0. The minimum atomic E-state index is -1.40. The number of carbonyl (C=O) groups excluding carboxylic acids is 1. The molecule has 0 aromatic heterocycles. The third-order valence-electron chi connectivity index (χ3n) is 2.05. The minimum Gasteiger partial charge on any atom is -0.380 e. The molecule has 72 valence electrons. The summed E-state index contributed by atoms with van der Waals surface area (Å²) in [5.74, 6) is -0.710. The average Bonchev–Trinajstić information content (AvgIpc) is 2.12. The summed E-state index contributed by atoms with van der Waals surface area (Å²) in [5, 5.41) is 18.0. The monoisotopic (exact) mass is 175 g/mol. The molecule has 0 saturated carbocycles. The fourth-order valence-electron chi connectivity index (χ4n) is 1.02. The number of unbranched alkanes of at least 4 members (excludes halogenated alkanes) is 1. The maximum atomic E-state index is 11.0. The van der Waals surface area contributed by atoms with Gasteiger partial charge in [0.25, 0.3) is 5.91 Å². The van der Waals surface area contributed by atoms with E-state index in [0.717, 1.165) is 12.8 Å². The van der Waals surface area contributed by atoms with E-state index in [1.165, 1.54) is 5.48 Å². The van der Waals surface area contributed by atoms with Crippen LogP contribution >= 0.6 is 0 Å². The number of hydrogen-bond donors (Lipinski definition) is 3. The van der Waals surface area contributed by atoms with Crippen LogP contribution in [0.3, 0.4) is 0 Å². The molecule has 1 amide bonds. The quantitative estimate of drug-likeness (QED) is 0.428. The van der Waals surface area contributed by atoms with Gasteiger partial charge < -0.3 is 5.11 Å². The summed E-state index contributed by atoms with van der Waals surface area (Å²) >= 11 is 0. The van der Waals surface area contributed by atoms with Gasteiger partial charge in [0.05, 0.1) is 0 Å². The molecule has 1 unspecified atom stereocenters. The van der Waals surface area contributed by atoms with E-state index in [-0.39, 0.29) is 0 Å². The fraction of sp³-hybridized carbons (Fsp3) is 0.875. The van der Waals surface area contributed by atoms with E-state index in [0.29, 0.717) is 12.8 Å². The van der Waals surface area contributed by atoms with Gasteiger partial charge in [-0.2, -0.15) is 0 Å². The average molecular weight is 175 g/mol. The molecule has 0 aliphatic rings. The molecule has 3 N–H and O–H groups in total. The second-order valence-corrected chi connectivity index (χ2v) is 2.93. The molecule has 4 nitrogen and oxygen atoms in total. The molecule has 4 heteroatoms. The van der Waals surface area contributed by atoms with Crippen LogP contribution in [0.5, 0.6) is 0 Å². The Morgan fingerprint density at radius 3 is 2.42 bits per heavy atom. The van der Waals surface area contributed by atoms with Crippen molar-refractivity contribution in [3.05, 3.63) is 0 Å². The van der Waals surface area contributed by atoms with Gasteiger partial charge in [0, 0.05) is 0 Å². The molecule has 0 bridgehead atoms. The maximum absolute atomic E-state index is 11.0. The largest absolute Gasteiger partial charge is 0.380 e. The zero-order valence-corrected chi connectivity index (χ0v) is 7.63. The minimum absolute atomic E-state index is 0.319. The summed E-state index contributed by atoms with van der Waals surface area (Å²) in [6.07, 6.45) is 2.41. The van der Waals surface area contributed by atoms with Gasteiger partial charge in [0.15, 0.2) is 0 Å². The summed E-state index contributed by atoms with van der Waals surface area (Å²) < 4.78 is 0. The van der Waals surface area contributed by atoms with Gasteiger partial charge in [-0.1, -0.05) is 26.7 Å². The topological polar surface area (TPSA) is 69.6 Å². The van der Waals surface area contributed by atoms with Crippen LogP contribution in [-0.2, 0) is 4.79 Å². The molecule has 0 aromatic rings. The van der Waals surface area contributed by atoms with Gasteiger partial charge in [0.1, 0.15) is 5.60 Å². The first-order valence-corrected chi connectivity index (χ1v) is 4.27. The highest BCUT2D eigenvalue weighted by atomic mass is 16.5. The molecule has 0 spiro atoms. The van der Waals surface area contributed by atoms with Crippen LogP contribution in [0.25, 0.3) is 0 Å². The molecule has 0 rings (SSSR count). The highest BCUT2D eigenvalue weighted by molar-refractivity contribution is 5.83. The number of nitrogens with one attached hydrogen (secondary N) is 1. The van der Waals surface area contributed by atoms with Crippen LogP contribution in [0.15, 0.2) is 0 Å². The second-order valence-electron chi connectivity index (χ2n) is 2.93. The van der Waals surface area contributed by atoms with Gasteiger partial charge >= 0.3 is 0 Å². The van der Waals surface area contributed by atoms with Crippen LogP contribution in [-0.4, -0.2) is 21.8 Å². The zero-order valence-electron chi connectivity index (χ0n) is 7.63. The Bertz CT molecular complexity index is 149. The number of carbonyl (C=O) groups is 1. The van der Waals surface area contributed by atoms with Gasteiger partial charge in [-0.15, -0.1) is 0 Å². The standard InChI is InChI=1S/C8H17NO3/c1-3-5-6-8(11,4-2)7(10)9-12/h11-12H,3-6H2,1-2H3,(H,9,10). The maximum Gasteiger partial charge on any atom is 0.275 e. The van der Waals surface area contributed by atoms with Crippen LogP contribution < -0.4 is 5.48 Å². The first kappa shape index (κ1) is 11.4. The molecule has 0 fully saturated rings. The van der Waals surface area contributed by atoms with Crippen molar-refractivity contribution < 1.29 is 15.1 Å². The third kappa shape index (κ3) is 2.79. The van der Waals surface area contributed by atoms with E-state index in [1.54, 1.807) is 6.92 Å². The molecular formula is C8H17NO3. The van der Waals surface area contributed by atoms with E-state index in [4.69, 9.17) is 5.21 Å². The molecular weight excluding hydrogens is 158 g/mol. The molecule has 0 heterocycles. The first-order valence-electron chi connectivity index (χ1n) is 4.27. The summed E-state index contributed by atoms with van der Waals surface area (Å²) in [6, 6.07) is 0. The molecule has 1 atom stereocenters. The van der Waals surface area contributed by atoms with Gasteiger partial charge in [-0.25, -0.2) is 5.48 Å².